The zero-order chi connectivity index (χ0) is 12.8. The Morgan fingerprint density at radius 3 is 2.82 bits per heavy atom. The van der Waals surface area contributed by atoms with Crippen LogP contribution in [-0.4, -0.2) is 24.0 Å². The summed E-state index contributed by atoms with van der Waals surface area (Å²) in [5.41, 5.74) is 8.06. The Morgan fingerprint density at radius 1 is 1.53 bits per heavy atom. The van der Waals surface area contributed by atoms with Crippen molar-refractivity contribution >= 4 is 23.4 Å². The number of benzene rings is 1. The van der Waals surface area contributed by atoms with E-state index in [2.05, 4.69) is 18.5 Å². The number of carbonyl (C=O) groups is 1. The molecule has 3 nitrogen and oxygen atoms in total. The minimum absolute atomic E-state index is 0.0509. The molecular formula is C13H20N2OS. The summed E-state index contributed by atoms with van der Waals surface area (Å²) >= 11 is 1.81. The molecule has 94 valence electrons. The van der Waals surface area contributed by atoms with Crippen LogP contribution in [0.2, 0.25) is 0 Å². The third kappa shape index (κ3) is 4.30. The van der Waals surface area contributed by atoms with Gasteiger partial charge in [-0.25, -0.2) is 0 Å². The Kier molecular flexibility index (Phi) is 5.35. The highest BCUT2D eigenvalue weighted by molar-refractivity contribution is 7.99. The van der Waals surface area contributed by atoms with Gasteiger partial charge in [-0.3, -0.25) is 4.79 Å². The monoisotopic (exact) mass is 252 g/mol. The van der Waals surface area contributed by atoms with Crippen molar-refractivity contribution in [2.24, 2.45) is 0 Å². The largest absolute Gasteiger partial charge is 0.398 e. The van der Waals surface area contributed by atoms with Gasteiger partial charge in [-0.15, -0.1) is 0 Å². The molecule has 0 aliphatic carbocycles. The van der Waals surface area contributed by atoms with Gasteiger partial charge in [0.2, 0.25) is 0 Å². The van der Waals surface area contributed by atoms with Crippen molar-refractivity contribution in [1.29, 1.82) is 0 Å². The molecular weight excluding hydrogens is 232 g/mol. The maximum atomic E-state index is 11.8. The zero-order valence-corrected chi connectivity index (χ0v) is 11.4. The van der Waals surface area contributed by atoms with Gasteiger partial charge in [0.05, 0.1) is 0 Å². The van der Waals surface area contributed by atoms with Gasteiger partial charge >= 0.3 is 0 Å². The number of rotatable bonds is 5. The molecule has 1 atom stereocenters. The van der Waals surface area contributed by atoms with Crippen LogP contribution in [0.25, 0.3) is 0 Å². The molecule has 0 spiro atoms. The van der Waals surface area contributed by atoms with Crippen LogP contribution in [0, 0.1) is 6.92 Å². The third-order valence-electron chi connectivity index (χ3n) is 2.78. The van der Waals surface area contributed by atoms with Crippen molar-refractivity contribution < 1.29 is 4.79 Å². The number of amides is 1. The van der Waals surface area contributed by atoms with E-state index in [0.717, 1.165) is 12.0 Å². The first kappa shape index (κ1) is 13.9. The molecule has 17 heavy (non-hydrogen) atoms. The second-order valence-corrected chi connectivity index (χ2v) is 5.44. The molecule has 0 saturated heterocycles. The average Bonchev–Trinajstić information content (AvgIpc) is 2.32. The molecule has 0 bridgehead atoms. The van der Waals surface area contributed by atoms with E-state index < -0.39 is 0 Å². The van der Waals surface area contributed by atoms with Gasteiger partial charge in [0, 0.05) is 23.0 Å². The highest BCUT2D eigenvalue weighted by Crippen LogP contribution is 2.13. The van der Waals surface area contributed by atoms with Gasteiger partial charge < -0.3 is 11.1 Å². The molecule has 4 heteroatoms. The fraction of sp³-hybridized carbons (Fsp3) is 0.462. The smallest absolute Gasteiger partial charge is 0.251 e. The topological polar surface area (TPSA) is 55.1 Å². The van der Waals surface area contributed by atoms with E-state index >= 15 is 0 Å². The first-order chi connectivity index (χ1) is 8.04. The average molecular weight is 252 g/mol. The van der Waals surface area contributed by atoms with Gasteiger partial charge in [-0.2, -0.15) is 11.8 Å². The lowest BCUT2D eigenvalue weighted by molar-refractivity contribution is 0.0953. The number of nitrogen functional groups attached to an aromatic ring is 1. The minimum atomic E-state index is -0.0509. The molecule has 1 unspecified atom stereocenters. The van der Waals surface area contributed by atoms with Crippen molar-refractivity contribution in [3.63, 3.8) is 0 Å². The van der Waals surface area contributed by atoms with Crippen molar-refractivity contribution in [1.82, 2.24) is 5.32 Å². The van der Waals surface area contributed by atoms with Gasteiger partial charge in [0.25, 0.3) is 5.91 Å². The van der Waals surface area contributed by atoms with E-state index in [1.807, 2.05) is 13.0 Å². The number of nitrogens with two attached hydrogens (primary N) is 1. The zero-order valence-electron chi connectivity index (χ0n) is 10.6. The predicted molar refractivity (Wildman–Crippen MR) is 75.5 cm³/mol. The summed E-state index contributed by atoms with van der Waals surface area (Å²) in [5, 5.41) is 3.47. The number of hydrogen-bond acceptors (Lipinski definition) is 3. The van der Waals surface area contributed by atoms with Crippen LogP contribution in [0.3, 0.4) is 0 Å². The molecule has 0 aromatic heterocycles. The fourth-order valence-corrected chi connectivity index (χ4v) is 1.74. The van der Waals surface area contributed by atoms with Crippen LogP contribution in [0.1, 0.15) is 29.3 Å². The number of nitrogens with one attached hydrogen (secondary N) is 1. The number of aryl methyl sites for hydroxylation is 1. The SMILES string of the molecule is CSC(C)CCNC(=O)c1ccc(C)c(N)c1. The van der Waals surface area contributed by atoms with Gasteiger partial charge in [-0.1, -0.05) is 13.0 Å². The van der Waals surface area contributed by atoms with Crippen LogP contribution < -0.4 is 11.1 Å². The maximum absolute atomic E-state index is 11.8. The number of thioether (sulfide) groups is 1. The van der Waals surface area contributed by atoms with Crippen molar-refractivity contribution in [2.45, 2.75) is 25.5 Å². The Morgan fingerprint density at radius 2 is 2.24 bits per heavy atom. The minimum Gasteiger partial charge on any atom is -0.398 e. The lowest BCUT2D eigenvalue weighted by Crippen LogP contribution is -2.26. The molecule has 1 rings (SSSR count). The normalized spacial score (nSPS) is 12.2. The summed E-state index contributed by atoms with van der Waals surface area (Å²) in [6.07, 6.45) is 3.06. The number of hydrogen-bond donors (Lipinski definition) is 2. The Hall–Kier alpha value is -1.16. The molecule has 0 heterocycles. The molecule has 0 fully saturated rings. The van der Waals surface area contributed by atoms with E-state index in [9.17, 15) is 4.79 Å². The lowest BCUT2D eigenvalue weighted by atomic mass is 10.1. The second-order valence-electron chi connectivity index (χ2n) is 4.16. The predicted octanol–water partition coefficient (Wildman–Crippen LogP) is 2.45. The Bertz CT molecular complexity index is 393. The summed E-state index contributed by atoms with van der Waals surface area (Å²) in [6, 6.07) is 5.40. The van der Waals surface area contributed by atoms with E-state index in [-0.39, 0.29) is 5.91 Å². The van der Waals surface area contributed by atoms with Gasteiger partial charge in [0.1, 0.15) is 0 Å². The van der Waals surface area contributed by atoms with Crippen molar-refractivity contribution in [2.75, 3.05) is 18.5 Å². The lowest BCUT2D eigenvalue weighted by Gasteiger charge is -2.10. The Labute approximate surface area is 107 Å². The van der Waals surface area contributed by atoms with Crippen molar-refractivity contribution in [3.05, 3.63) is 29.3 Å². The molecule has 0 aliphatic rings. The van der Waals surface area contributed by atoms with E-state index in [1.54, 1.807) is 23.9 Å². The van der Waals surface area contributed by atoms with E-state index in [1.165, 1.54) is 0 Å². The molecule has 1 aromatic carbocycles. The molecule has 1 amide bonds. The quantitative estimate of drug-likeness (QED) is 0.791. The highest BCUT2D eigenvalue weighted by Gasteiger charge is 2.07. The van der Waals surface area contributed by atoms with Crippen LogP contribution in [-0.2, 0) is 0 Å². The summed E-state index contributed by atoms with van der Waals surface area (Å²) in [4.78, 5) is 11.8. The molecule has 3 N–H and O–H groups in total. The standard InChI is InChI=1S/C13H20N2OS/c1-9-4-5-11(8-12(9)14)13(16)15-7-6-10(2)17-3/h4-5,8,10H,6-7,14H2,1-3H3,(H,15,16). The summed E-state index contributed by atoms with van der Waals surface area (Å²) in [5.74, 6) is -0.0509. The van der Waals surface area contributed by atoms with Crippen molar-refractivity contribution in [3.8, 4) is 0 Å². The first-order valence-electron chi connectivity index (χ1n) is 5.71. The van der Waals surface area contributed by atoms with Crippen LogP contribution in [0.4, 0.5) is 5.69 Å². The van der Waals surface area contributed by atoms with Crippen LogP contribution >= 0.6 is 11.8 Å². The van der Waals surface area contributed by atoms with Crippen LogP contribution in [0.5, 0.6) is 0 Å². The van der Waals surface area contributed by atoms with E-state index in [4.69, 9.17) is 5.73 Å². The maximum Gasteiger partial charge on any atom is 0.251 e. The van der Waals surface area contributed by atoms with Crippen LogP contribution in [0.15, 0.2) is 18.2 Å². The highest BCUT2D eigenvalue weighted by atomic mass is 32.2. The fourth-order valence-electron chi connectivity index (χ4n) is 1.39. The first-order valence-corrected chi connectivity index (χ1v) is 7.00. The summed E-state index contributed by atoms with van der Waals surface area (Å²) in [7, 11) is 0. The number of carbonyl (C=O) groups excluding carboxylic acids is 1. The molecule has 0 saturated carbocycles. The van der Waals surface area contributed by atoms with E-state index in [0.29, 0.717) is 23.0 Å². The molecule has 0 radical (unpaired) electrons. The number of anilines is 1. The summed E-state index contributed by atoms with van der Waals surface area (Å²) < 4.78 is 0. The second kappa shape index (κ2) is 6.55. The molecule has 0 aliphatic heterocycles. The Balaban J connectivity index is 2.50. The molecule has 1 aromatic rings. The van der Waals surface area contributed by atoms with Gasteiger partial charge in [0.15, 0.2) is 0 Å². The third-order valence-corrected chi connectivity index (χ3v) is 3.82. The van der Waals surface area contributed by atoms with Gasteiger partial charge in [-0.05, 0) is 37.3 Å². The summed E-state index contributed by atoms with van der Waals surface area (Å²) in [6.45, 7) is 4.78.